The lowest BCUT2D eigenvalue weighted by Gasteiger charge is -2.25. The van der Waals surface area contributed by atoms with E-state index in [-0.39, 0.29) is 19.8 Å². The number of benzene rings is 3. The van der Waals surface area contributed by atoms with Crippen LogP contribution in [0.2, 0.25) is 0 Å². The summed E-state index contributed by atoms with van der Waals surface area (Å²) >= 11 is 0. The largest absolute Gasteiger partial charge is 0.461 e. The van der Waals surface area contributed by atoms with Gasteiger partial charge < -0.3 is 19.5 Å². The minimum atomic E-state index is -4.02. The molecule has 0 radical (unpaired) electrons. The van der Waals surface area contributed by atoms with E-state index < -0.39 is 36.4 Å². The molecule has 36 heavy (non-hydrogen) atoms. The van der Waals surface area contributed by atoms with Crippen LogP contribution in [0, 0.1) is 0 Å². The van der Waals surface area contributed by atoms with Crippen molar-refractivity contribution in [2.45, 2.75) is 38.2 Å². The first-order valence-electron chi connectivity index (χ1n) is 11.1. The highest BCUT2D eigenvalue weighted by atomic mass is 19.3. The molecule has 0 aliphatic rings. The van der Waals surface area contributed by atoms with Crippen molar-refractivity contribution in [1.82, 2.24) is 5.32 Å². The van der Waals surface area contributed by atoms with Crippen LogP contribution in [-0.2, 0) is 43.6 Å². The average Bonchev–Trinajstić information content (AvgIpc) is 2.89. The van der Waals surface area contributed by atoms with Crippen molar-refractivity contribution in [2.75, 3.05) is 0 Å². The molecule has 0 aliphatic carbocycles. The van der Waals surface area contributed by atoms with Gasteiger partial charge in [-0.1, -0.05) is 91.0 Å². The number of halogens is 2. The smallest absolute Gasteiger partial charge is 0.408 e. The SMILES string of the molecule is O=C(CC(F)(F)[C@H](NC(=O)OCc1ccccc1)C(=O)OCc1ccccc1)OCc1ccccc1. The molecule has 0 spiro atoms. The monoisotopic (exact) mass is 497 g/mol. The quantitative estimate of drug-likeness (QED) is 0.303. The molecular weight excluding hydrogens is 472 g/mol. The van der Waals surface area contributed by atoms with Gasteiger partial charge in [0.2, 0.25) is 0 Å². The minimum Gasteiger partial charge on any atom is -0.461 e. The number of carbonyl (C=O) groups is 3. The van der Waals surface area contributed by atoms with E-state index >= 15 is 8.78 Å². The van der Waals surface area contributed by atoms with Crippen LogP contribution in [0.4, 0.5) is 13.6 Å². The highest BCUT2D eigenvalue weighted by molar-refractivity contribution is 5.83. The predicted molar refractivity (Wildman–Crippen MR) is 126 cm³/mol. The molecule has 1 atom stereocenters. The molecule has 1 N–H and O–H groups in total. The average molecular weight is 497 g/mol. The third kappa shape index (κ3) is 8.50. The molecule has 0 unspecified atom stereocenters. The molecule has 9 heteroatoms. The Morgan fingerprint density at radius 2 is 1.08 bits per heavy atom. The highest BCUT2D eigenvalue weighted by Crippen LogP contribution is 2.26. The van der Waals surface area contributed by atoms with Gasteiger partial charge in [-0.05, 0) is 16.7 Å². The standard InChI is InChI=1S/C27H25F2NO6/c28-27(29,16-23(31)34-17-20-10-4-1-5-11-20)24(25(32)35-18-21-12-6-2-7-13-21)30-26(33)36-19-22-14-8-3-9-15-22/h1-15,24H,16-19H2,(H,30,33)/t24-/m1/s1. The van der Waals surface area contributed by atoms with Crippen molar-refractivity contribution in [3.63, 3.8) is 0 Å². The van der Waals surface area contributed by atoms with E-state index in [0.717, 1.165) is 0 Å². The summed E-state index contributed by atoms with van der Waals surface area (Å²) in [7, 11) is 0. The zero-order valence-corrected chi connectivity index (χ0v) is 19.3. The van der Waals surface area contributed by atoms with Crippen LogP contribution >= 0.6 is 0 Å². The number of ether oxygens (including phenoxy) is 3. The van der Waals surface area contributed by atoms with Crippen LogP contribution in [0.5, 0.6) is 0 Å². The predicted octanol–water partition coefficient (Wildman–Crippen LogP) is 4.79. The topological polar surface area (TPSA) is 90.9 Å². The maximum atomic E-state index is 15.1. The van der Waals surface area contributed by atoms with Crippen LogP contribution in [0.25, 0.3) is 0 Å². The van der Waals surface area contributed by atoms with E-state index in [9.17, 15) is 14.4 Å². The zero-order valence-electron chi connectivity index (χ0n) is 19.3. The Morgan fingerprint density at radius 3 is 1.56 bits per heavy atom. The molecule has 0 aromatic heterocycles. The molecule has 0 heterocycles. The molecule has 3 rings (SSSR count). The molecule has 1 amide bonds. The van der Waals surface area contributed by atoms with Crippen LogP contribution in [0.1, 0.15) is 23.1 Å². The molecule has 3 aromatic rings. The Bertz CT molecular complexity index is 1130. The summed E-state index contributed by atoms with van der Waals surface area (Å²) in [6.07, 6.45) is -2.72. The van der Waals surface area contributed by atoms with Gasteiger partial charge in [0, 0.05) is 0 Å². The number of hydrogen-bond donors (Lipinski definition) is 1. The summed E-state index contributed by atoms with van der Waals surface area (Å²) in [4.78, 5) is 37.0. The minimum absolute atomic E-state index is 0.205. The second-order valence-corrected chi connectivity index (χ2v) is 7.82. The second-order valence-electron chi connectivity index (χ2n) is 7.82. The fraction of sp³-hybridized carbons (Fsp3) is 0.222. The number of alkyl halides is 2. The lowest BCUT2D eigenvalue weighted by molar-refractivity contribution is -0.166. The summed E-state index contributed by atoms with van der Waals surface area (Å²) in [5.74, 6) is -6.69. The number of hydrogen-bond acceptors (Lipinski definition) is 6. The Balaban J connectivity index is 1.65. The van der Waals surface area contributed by atoms with Gasteiger partial charge in [-0.2, -0.15) is 0 Å². The summed E-state index contributed by atoms with van der Waals surface area (Å²) in [5, 5.41) is 1.85. The fourth-order valence-corrected chi connectivity index (χ4v) is 3.12. The van der Waals surface area contributed by atoms with E-state index in [4.69, 9.17) is 14.2 Å². The van der Waals surface area contributed by atoms with E-state index in [0.29, 0.717) is 16.7 Å². The Hall–Kier alpha value is -4.27. The highest BCUT2D eigenvalue weighted by Gasteiger charge is 2.49. The summed E-state index contributed by atoms with van der Waals surface area (Å²) in [5.41, 5.74) is 1.78. The lowest BCUT2D eigenvalue weighted by Crippen LogP contribution is -2.54. The molecular formula is C27H25F2NO6. The van der Waals surface area contributed by atoms with Crippen LogP contribution in [-0.4, -0.2) is 30.0 Å². The summed E-state index contributed by atoms with van der Waals surface area (Å²) in [6.45, 7) is -0.722. The van der Waals surface area contributed by atoms with Gasteiger partial charge in [-0.15, -0.1) is 0 Å². The zero-order chi connectivity index (χ0) is 25.8. The van der Waals surface area contributed by atoms with Crippen LogP contribution < -0.4 is 5.32 Å². The first kappa shape index (κ1) is 26.3. The molecule has 7 nitrogen and oxygen atoms in total. The first-order chi connectivity index (χ1) is 17.3. The maximum Gasteiger partial charge on any atom is 0.408 e. The second kappa shape index (κ2) is 13.0. The molecule has 0 saturated heterocycles. The van der Waals surface area contributed by atoms with Crippen LogP contribution in [0.3, 0.4) is 0 Å². The Kier molecular flexibility index (Phi) is 9.50. The molecule has 0 saturated carbocycles. The van der Waals surface area contributed by atoms with E-state index in [2.05, 4.69) is 0 Å². The molecule has 3 aromatic carbocycles. The maximum absolute atomic E-state index is 15.1. The van der Waals surface area contributed by atoms with Crippen molar-refractivity contribution in [2.24, 2.45) is 0 Å². The van der Waals surface area contributed by atoms with E-state index in [1.807, 2.05) is 5.32 Å². The number of amides is 1. The van der Waals surface area contributed by atoms with Gasteiger partial charge in [-0.3, -0.25) is 4.79 Å². The fourth-order valence-electron chi connectivity index (χ4n) is 3.12. The van der Waals surface area contributed by atoms with Crippen LogP contribution in [0.15, 0.2) is 91.0 Å². The Labute approximate surface area is 207 Å². The van der Waals surface area contributed by atoms with Crippen molar-refractivity contribution in [3.05, 3.63) is 108 Å². The molecule has 0 bridgehead atoms. The van der Waals surface area contributed by atoms with Gasteiger partial charge >= 0.3 is 18.0 Å². The Morgan fingerprint density at radius 1 is 0.667 bits per heavy atom. The number of rotatable bonds is 11. The van der Waals surface area contributed by atoms with Gasteiger partial charge in [-0.25, -0.2) is 18.4 Å². The molecule has 0 aliphatic heterocycles. The van der Waals surface area contributed by atoms with Gasteiger partial charge in [0.25, 0.3) is 5.92 Å². The van der Waals surface area contributed by atoms with Gasteiger partial charge in [0.15, 0.2) is 6.04 Å². The van der Waals surface area contributed by atoms with Crippen molar-refractivity contribution >= 4 is 18.0 Å². The first-order valence-corrected chi connectivity index (χ1v) is 11.1. The third-order valence-electron chi connectivity index (χ3n) is 4.98. The number of carbonyl (C=O) groups excluding carboxylic acids is 3. The summed E-state index contributed by atoms with van der Waals surface area (Å²) in [6, 6.07) is 23.0. The third-order valence-corrected chi connectivity index (χ3v) is 4.98. The van der Waals surface area contributed by atoms with Gasteiger partial charge in [0.1, 0.15) is 26.2 Å². The normalized spacial score (nSPS) is 11.7. The number of alkyl carbamates (subject to hydrolysis) is 1. The van der Waals surface area contributed by atoms with Crippen molar-refractivity contribution in [3.8, 4) is 0 Å². The van der Waals surface area contributed by atoms with E-state index in [1.165, 1.54) is 0 Å². The van der Waals surface area contributed by atoms with E-state index in [1.54, 1.807) is 91.0 Å². The molecule has 0 fully saturated rings. The number of nitrogens with one attached hydrogen (secondary N) is 1. The lowest BCUT2D eigenvalue weighted by atomic mass is 10.1. The summed E-state index contributed by atoms with van der Waals surface area (Å²) < 4.78 is 45.1. The molecule has 188 valence electrons. The van der Waals surface area contributed by atoms with Crippen molar-refractivity contribution < 1.29 is 37.4 Å². The number of esters is 2. The van der Waals surface area contributed by atoms with Gasteiger partial charge in [0.05, 0.1) is 0 Å². The van der Waals surface area contributed by atoms with Crippen molar-refractivity contribution in [1.29, 1.82) is 0 Å².